The number of carbonyl (C=O) groups is 1. The van der Waals surface area contributed by atoms with Gasteiger partial charge in [0.2, 0.25) is 0 Å². The Balaban J connectivity index is 2.27. The fourth-order valence-corrected chi connectivity index (χ4v) is 1.33. The quantitative estimate of drug-likeness (QED) is 0.598. The Morgan fingerprint density at radius 1 is 1.38 bits per heavy atom. The van der Waals surface area contributed by atoms with Crippen LogP contribution in [0.5, 0.6) is 0 Å². The van der Waals surface area contributed by atoms with Gasteiger partial charge in [0.05, 0.1) is 5.56 Å². The zero-order valence-electron chi connectivity index (χ0n) is 8.29. The van der Waals surface area contributed by atoms with Crippen LogP contribution in [0.4, 0.5) is 0 Å². The lowest BCUT2D eigenvalue weighted by molar-refractivity contribution is 0.0973. The average molecular weight is 212 g/mol. The number of rotatable bonds is 2. The van der Waals surface area contributed by atoms with E-state index >= 15 is 0 Å². The Morgan fingerprint density at radius 2 is 2.12 bits per heavy atom. The van der Waals surface area contributed by atoms with E-state index in [0.717, 1.165) is 5.69 Å². The number of pyridine rings is 1. The zero-order chi connectivity index (χ0) is 11.4. The van der Waals surface area contributed by atoms with E-state index in [1.54, 1.807) is 41.6 Å². The Morgan fingerprint density at radius 3 is 2.81 bits per heavy atom. The molecule has 0 fully saturated rings. The predicted octanol–water partition coefficient (Wildman–Crippen LogP) is 1.08. The first-order valence-corrected chi connectivity index (χ1v) is 4.59. The molecular weight excluding hydrogens is 204 g/mol. The molecule has 0 atom stereocenters. The Labute approximate surface area is 92.0 Å². The molecule has 0 saturated carbocycles. The van der Waals surface area contributed by atoms with Gasteiger partial charge in [-0.05, 0) is 18.2 Å². The highest BCUT2D eigenvalue weighted by atomic mass is 16.1. The van der Waals surface area contributed by atoms with Gasteiger partial charge in [0.25, 0.3) is 5.91 Å². The van der Waals surface area contributed by atoms with Crippen molar-refractivity contribution in [2.75, 3.05) is 0 Å². The van der Waals surface area contributed by atoms with Gasteiger partial charge in [-0.3, -0.25) is 15.1 Å². The average Bonchev–Trinajstić information content (AvgIpc) is 2.80. The summed E-state index contributed by atoms with van der Waals surface area (Å²) in [6.45, 7) is 0. The van der Waals surface area contributed by atoms with E-state index in [2.05, 4.69) is 10.3 Å². The van der Waals surface area contributed by atoms with E-state index in [9.17, 15) is 4.79 Å². The van der Waals surface area contributed by atoms with Crippen LogP contribution in [0, 0.1) is 11.5 Å². The molecule has 0 bridgehead atoms. The summed E-state index contributed by atoms with van der Waals surface area (Å²) in [5.74, 6) is -0.407. The monoisotopic (exact) mass is 212 g/mol. The zero-order valence-corrected chi connectivity index (χ0v) is 8.29. The molecule has 2 aromatic heterocycles. The van der Waals surface area contributed by atoms with Gasteiger partial charge in [-0.15, -0.1) is 0 Å². The second kappa shape index (κ2) is 4.28. The third kappa shape index (κ3) is 1.91. The van der Waals surface area contributed by atoms with E-state index in [-0.39, 0.29) is 0 Å². The highest BCUT2D eigenvalue weighted by Crippen LogP contribution is 2.09. The number of nitriles is 1. The maximum Gasteiger partial charge on any atom is 0.265 e. The third-order valence-electron chi connectivity index (χ3n) is 2.09. The summed E-state index contributed by atoms with van der Waals surface area (Å²) in [5.41, 5.74) is 1.35. The molecule has 1 N–H and O–H groups in total. The fraction of sp³-hybridized carbons (Fsp3) is 0. The van der Waals surface area contributed by atoms with Gasteiger partial charge in [-0.1, -0.05) is 0 Å². The normalized spacial score (nSPS) is 9.44. The van der Waals surface area contributed by atoms with Gasteiger partial charge in [0.15, 0.2) is 6.19 Å². The van der Waals surface area contributed by atoms with Crippen molar-refractivity contribution in [3.05, 3.63) is 48.5 Å². The van der Waals surface area contributed by atoms with E-state index in [1.807, 2.05) is 12.1 Å². The highest BCUT2D eigenvalue weighted by Gasteiger charge is 2.06. The fourth-order valence-electron chi connectivity index (χ4n) is 1.33. The first kappa shape index (κ1) is 9.93. The lowest BCUT2D eigenvalue weighted by atomic mass is 10.3. The van der Waals surface area contributed by atoms with Gasteiger partial charge >= 0.3 is 0 Å². The van der Waals surface area contributed by atoms with Crippen molar-refractivity contribution in [1.29, 1.82) is 5.26 Å². The summed E-state index contributed by atoms with van der Waals surface area (Å²) in [6.07, 6.45) is 8.34. The van der Waals surface area contributed by atoms with Crippen LogP contribution >= 0.6 is 0 Å². The van der Waals surface area contributed by atoms with Crippen LogP contribution in [-0.2, 0) is 0 Å². The molecule has 0 unspecified atom stereocenters. The van der Waals surface area contributed by atoms with Gasteiger partial charge in [0, 0.05) is 30.5 Å². The topological polar surface area (TPSA) is 70.7 Å². The van der Waals surface area contributed by atoms with E-state index < -0.39 is 5.91 Å². The predicted molar refractivity (Wildman–Crippen MR) is 56.6 cm³/mol. The molecule has 5 heteroatoms. The van der Waals surface area contributed by atoms with E-state index in [0.29, 0.717) is 5.56 Å². The molecule has 0 radical (unpaired) electrons. The van der Waals surface area contributed by atoms with Crippen LogP contribution < -0.4 is 5.32 Å². The Hall–Kier alpha value is -2.61. The summed E-state index contributed by atoms with van der Waals surface area (Å²) in [4.78, 5) is 15.2. The molecule has 0 aliphatic rings. The molecule has 2 rings (SSSR count). The van der Waals surface area contributed by atoms with E-state index in [1.165, 1.54) is 0 Å². The van der Waals surface area contributed by atoms with Crippen LogP contribution in [0.3, 0.4) is 0 Å². The molecule has 1 amide bonds. The van der Waals surface area contributed by atoms with Crippen molar-refractivity contribution >= 4 is 5.91 Å². The largest absolute Gasteiger partial charge is 0.323 e. The summed E-state index contributed by atoms with van der Waals surface area (Å²) in [6, 6.07) is 5.30. The molecule has 0 aliphatic carbocycles. The van der Waals surface area contributed by atoms with Crippen molar-refractivity contribution in [2.24, 2.45) is 0 Å². The molecule has 0 spiro atoms. The van der Waals surface area contributed by atoms with Crippen LogP contribution in [-0.4, -0.2) is 15.5 Å². The minimum atomic E-state index is -0.407. The third-order valence-corrected chi connectivity index (χ3v) is 2.09. The molecule has 5 nitrogen and oxygen atoms in total. The molecular formula is C11H8N4O. The second-order valence-corrected chi connectivity index (χ2v) is 3.08. The Kier molecular flexibility index (Phi) is 2.65. The lowest BCUT2D eigenvalue weighted by Crippen LogP contribution is -2.16. The van der Waals surface area contributed by atoms with Gasteiger partial charge in [-0.25, -0.2) is 0 Å². The van der Waals surface area contributed by atoms with Crippen molar-refractivity contribution < 1.29 is 4.79 Å². The van der Waals surface area contributed by atoms with Crippen molar-refractivity contribution in [2.45, 2.75) is 0 Å². The molecule has 0 aliphatic heterocycles. The van der Waals surface area contributed by atoms with Gasteiger partial charge < -0.3 is 4.57 Å². The molecule has 0 saturated heterocycles. The standard InChI is InChI=1S/C11H8N4O/c12-8-14-11(16)9-3-6-15(7-9)10-1-4-13-5-2-10/h1-7H,(H,14,16). The minimum Gasteiger partial charge on any atom is -0.323 e. The van der Waals surface area contributed by atoms with Gasteiger partial charge in [0.1, 0.15) is 0 Å². The first-order valence-electron chi connectivity index (χ1n) is 4.59. The van der Waals surface area contributed by atoms with Crippen LogP contribution in [0.1, 0.15) is 10.4 Å². The van der Waals surface area contributed by atoms with Crippen molar-refractivity contribution in [3.8, 4) is 11.9 Å². The SMILES string of the molecule is N#CNC(=O)c1ccn(-c2ccncc2)c1. The van der Waals surface area contributed by atoms with E-state index in [4.69, 9.17) is 5.26 Å². The molecule has 2 aromatic rings. The first-order chi connectivity index (χ1) is 7.81. The second-order valence-electron chi connectivity index (χ2n) is 3.08. The van der Waals surface area contributed by atoms with Gasteiger partial charge in [-0.2, -0.15) is 5.26 Å². The summed E-state index contributed by atoms with van der Waals surface area (Å²) in [5, 5.41) is 10.4. The summed E-state index contributed by atoms with van der Waals surface area (Å²) < 4.78 is 1.79. The smallest absolute Gasteiger partial charge is 0.265 e. The number of aromatic nitrogens is 2. The number of hydrogen-bond acceptors (Lipinski definition) is 3. The molecule has 78 valence electrons. The maximum absolute atomic E-state index is 11.3. The Bertz CT molecular complexity index is 539. The lowest BCUT2D eigenvalue weighted by Gasteiger charge is -2.00. The number of amides is 1. The van der Waals surface area contributed by atoms with Crippen molar-refractivity contribution in [1.82, 2.24) is 14.9 Å². The van der Waals surface area contributed by atoms with Crippen LogP contribution in [0.25, 0.3) is 5.69 Å². The number of hydrogen-bond donors (Lipinski definition) is 1. The molecule has 0 aromatic carbocycles. The summed E-state index contributed by atoms with van der Waals surface area (Å²) >= 11 is 0. The minimum absolute atomic E-state index is 0.407. The molecule has 2 heterocycles. The maximum atomic E-state index is 11.3. The summed E-state index contributed by atoms with van der Waals surface area (Å²) in [7, 11) is 0. The number of nitrogens with zero attached hydrogens (tertiary/aromatic N) is 3. The van der Waals surface area contributed by atoms with Crippen molar-refractivity contribution in [3.63, 3.8) is 0 Å². The number of carbonyl (C=O) groups excluding carboxylic acids is 1. The van der Waals surface area contributed by atoms with Crippen LogP contribution in [0.2, 0.25) is 0 Å². The van der Waals surface area contributed by atoms with Crippen LogP contribution in [0.15, 0.2) is 43.0 Å². The molecule has 16 heavy (non-hydrogen) atoms. The number of nitrogens with one attached hydrogen (secondary N) is 1. The highest BCUT2D eigenvalue weighted by molar-refractivity contribution is 5.95.